The minimum atomic E-state index is 0.0258. The Morgan fingerprint density at radius 2 is 2.13 bits per heavy atom. The van der Waals surface area contributed by atoms with E-state index < -0.39 is 0 Å². The number of methoxy groups -OCH3 is 1. The molecule has 0 saturated carbocycles. The van der Waals surface area contributed by atoms with Gasteiger partial charge in [0.15, 0.2) is 0 Å². The summed E-state index contributed by atoms with van der Waals surface area (Å²) in [5, 5.41) is 19.8. The van der Waals surface area contributed by atoms with Crippen molar-refractivity contribution >= 4 is 5.69 Å². The van der Waals surface area contributed by atoms with Crippen molar-refractivity contribution in [2.75, 3.05) is 12.4 Å². The molecule has 0 heterocycles. The fourth-order valence-corrected chi connectivity index (χ4v) is 0.958. The lowest BCUT2D eigenvalue weighted by Gasteiger charge is -2.03. The minimum absolute atomic E-state index is 0.0258. The van der Waals surface area contributed by atoms with E-state index in [9.17, 15) is 0 Å². The first-order valence-corrected chi connectivity index (χ1v) is 4.21. The topological polar surface area (TPSA) is 68.8 Å². The molecule has 1 aromatic rings. The second-order valence-electron chi connectivity index (χ2n) is 2.66. The molecule has 0 atom stereocenters. The van der Waals surface area contributed by atoms with Crippen LogP contribution in [0.3, 0.4) is 0 Å². The quantitative estimate of drug-likeness (QED) is 0.756. The number of hydrogen-bond donors (Lipinski definition) is 1. The standard InChI is InChI=1S/C11H9N3O/c1-15-11-4-2-3-10(5-11)14-8-9(6-12)7-13/h2-5,8,14H,1H3. The third-order valence-electron chi connectivity index (χ3n) is 1.69. The van der Waals surface area contributed by atoms with Crippen molar-refractivity contribution in [3.05, 3.63) is 36.0 Å². The first-order valence-electron chi connectivity index (χ1n) is 4.21. The SMILES string of the molecule is COc1cccc(NC=C(C#N)C#N)c1. The van der Waals surface area contributed by atoms with Gasteiger partial charge in [0.05, 0.1) is 7.11 Å². The highest BCUT2D eigenvalue weighted by Crippen LogP contribution is 2.16. The van der Waals surface area contributed by atoms with Crippen LogP contribution in [-0.2, 0) is 0 Å². The fraction of sp³-hybridized carbons (Fsp3) is 0.0909. The van der Waals surface area contributed by atoms with Gasteiger partial charge in [-0.1, -0.05) is 6.07 Å². The molecule has 15 heavy (non-hydrogen) atoms. The Labute approximate surface area is 88.0 Å². The van der Waals surface area contributed by atoms with Gasteiger partial charge >= 0.3 is 0 Å². The molecule has 0 fully saturated rings. The van der Waals surface area contributed by atoms with Crippen molar-refractivity contribution in [1.82, 2.24) is 0 Å². The number of benzene rings is 1. The largest absolute Gasteiger partial charge is 0.497 e. The van der Waals surface area contributed by atoms with Crippen molar-refractivity contribution in [3.63, 3.8) is 0 Å². The van der Waals surface area contributed by atoms with E-state index in [0.29, 0.717) is 5.75 Å². The molecule has 1 N–H and O–H groups in total. The van der Waals surface area contributed by atoms with Crippen molar-refractivity contribution in [2.45, 2.75) is 0 Å². The molecule has 0 bridgehead atoms. The average Bonchev–Trinajstić information content (AvgIpc) is 2.31. The molecule has 0 radical (unpaired) electrons. The van der Waals surface area contributed by atoms with Crippen LogP contribution >= 0.6 is 0 Å². The maximum absolute atomic E-state index is 8.50. The van der Waals surface area contributed by atoms with Crippen LogP contribution in [0.15, 0.2) is 36.0 Å². The molecule has 0 aliphatic rings. The number of nitrogens with one attached hydrogen (secondary N) is 1. The first kappa shape index (κ1) is 10.6. The molecule has 0 spiro atoms. The van der Waals surface area contributed by atoms with Crippen LogP contribution in [0.1, 0.15) is 0 Å². The smallest absolute Gasteiger partial charge is 0.145 e. The lowest BCUT2D eigenvalue weighted by Crippen LogP contribution is -1.90. The van der Waals surface area contributed by atoms with Crippen molar-refractivity contribution < 1.29 is 4.74 Å². The molecule has 1 aromatic carbocycles. The summed E-state index contributed by atoms with van der Waals surface area (Å²) < 4.78 is 5.02. The summed E-state index contributed by atoms with van der Waals surface area (Å²) in [4.78, 5) is 0. The molecular formula is C11H9N3O. The second-order valence-corrected chi connectivity index (χ2v) is 2.66. The van der Waals surface area contributed by atoms with Crippen LogP contribution in [0.5, 0.6) is 5.75 Å². The van der Waals surface area contributed by atoms with Crippen molar-refractivity contribution in [1.29, 1.82) is 10.5 Å². The van der Waals surface area contributed by atoms with E-state index in [1.165, 1.54) is 6.20 Å². The lowest BCUT2D eigenvalue weighted by molar-refractivity contribution is 0.415. The Bertz CT molecular complexity index is 436. The predicted molar refractivity (Wildman–Crippen MR) is 55.9 cm³/mol. The summed E-state index contributed by atoms with van der Waals surface area (Å²) in [5.41, 5.74) is 0.787. The molecule has 0 aromatic heterocycles. The summed E-state index contributed by atoms with van der Waals surface area (Å²) in [6.07, 6.45) is 1.36. The van der Waals surface area contributed by atoms with Gasteiger partial charge < -0.3 is 10.1 Å². The normalized spacial score (nSPS) is 8.20. The number of nitrogens with zero attached hydrogens (tertiary/aromatic N) is 2. The zero-order chi connectivity index (χ0) is 11.1. The van der Waals surface area contributed by atoms with Crippen molar-refractivity contribution in [3.8, 4) is 17.9 Å². The second kappa shape index (κ2) is 5.31. The summed E-state index contributed by atoms with van der Waals surface area (Å²) in [7, 11) is 1.57. The maximum atomic E-state index is 8.50. The van der Waals surface area contributed by atoms with Gasteiger partial charge in [0.2, 0.25) is 0 Å². The van der Waals surface area contributed by atoms with Gasteiger partial charge in [0.25, 0.3) is 0 Å². The van der Waals surface area contributed by atoms with Crippen LogP contribution in [0, 0.1) is 22.7 Å². The molecule has 0 amide bonds. The molecule has 1 rings (SSSR count). The lowest BCUT2D eigenvalue weighted by atomic mass is 10.3. The number of allylic oxidation sites excluding steroid dienone is 1. The van der Waals surface area contributed by atoms with Gasteiger partial charge in [-0.05, 0) is 12.1 Å². The zero-order valence-electron chi connectivity index (χ0n) is 8.19. The van der Waals surface area contributed by atoms with Crippen LogP contribution in [-0.4, -0.2) is 7.11 Å². The number of hydrogen-bond acceptors (Lipinski definition) is 4. The predicted octanol–water partition coefficient (Wildman–Crippen LogP) is 2.04. The van der Waals surface area contributed by atoms with E-state index >= 15 is 0 Å². The highest BCUT2D eigenvalue weighted by molar-refractivity contribution is 5.52. The Morgan fingerprint density at radius 1 is 1.40 bits per heavy atom. The molecule has 0 saturated heterocycles. The van der Waals surface area contributed by atoms with Crippen LogP contribution in [0.25, 0.3) is 0 Å². The minimum Gasteiger partial charge on any atom is -0.497 e. The molecule has 4 heteroatoms. The third-order valence-corrected chi connectivity index (χ3v) is 1.69. The van der Waals surface area contributed by atoms with Crippen LogP contribution < -0.4 is 10.1 Å². The fourth-order valence-electron chi connectivity index (χ4n) is 0.958. The Kier molecular flexibility index (Phi) is 3.76. The first-order chi connectivity index (χ1) is 7.30. The van der Waals surface area contributed by atoms with Crippen LogP contribution in [0.4, 0.5) is 5.69 Å². The number of nitriles is 2. The number of rotatable bonds is 3. The van der Waals surface area contributed by atoms with Crippen molar-refractivity contribution in [2.24, 2.45) is 0 Å². The summed E-state index contributed by atoms with van der Waals surface area (Å²) in [6, 6.07) is 10.7. The molecule has 0 aliphatic heterocycles. The Balaban J connectivity index is 2.79. The van der Waals surface area contributed by atoms with Gasteiger partial charge in [-0.25, -0.2) is 0 Å². The van der Waals surface area contributed by atoms with Gasteiger partial charge in [0.1, 0.15) is 23.5 Å². The maximum Gasteiger partial charge on any atom is 0.145 e. The third kappa shape index (κ3) is 3.06. The molecular weight excluding hydrogens is 190 g/mol. The summed E-state index contributed by atoms with van der Waals surface area (Å²) in [6.45, 7) is 0. The molecule has 0 unspecified atom stereocenters. The Morgan fingerprint density at radius 3 is 2.73 bits per heavy atom. The highest BCUT2D eigenvalue weighted by Gasteiger charge is 1.94. The van der Waals surface area contributed by atoms with E-state index in [2.05, 4.69) is 5.32 Å². The highest BCUT2D eigenvalue weighted by atomic mass is 16.5. The van der Waals surface area contributed by atoms with E-state index in [1.807, 2.05) is 18.2 Å². The van der Waals surface area contributed by atoms with Gasteiger partial charge in [-0.15, -0.1) is 0 Å². The molecule has 4 nitrogen and oxygen atoms in total. The zero-order valence-corrected chi connectivity index (χ0v) is 8.19. The molecule has 0 aliphatic carbocycles. The number of anilines is 1. The van der Waals surface area contributed by atoms with Gasteiger partial charge in [-0.3, -0.25) is 0 Å². The molecule has 74 valence electrons. The van der Waals surface area contributed by atoms with E-state index in [1.54, 1.807) is 25.3 Å². The van der Waals surface area contributed by atoms with E-state index in [-0.39, 0.29) is 5.57 Å². The van der Waals surface area contributed by atoms with Gasteiger partial charge in [0, 0.05) is 18.0 Å². The average molecular weight is 199 g/mol. The van der Waals surface area contributed by atoms with E-state index in [4.69, 9.17) is 15.3 Å². The van der Waals surface area contributed by atoms with Crippen LogP contribution in [0.2, 0.25) is 0 Å². The monoisotopic (exact) mass is 199 g/mol. The summed E-state index contributed by atoms with van der Waals surface area (Å²) in [5.74, 6) is 0.712. The van der Waals surface area contributed by atoms with E-state index in [0.717, 1.165) is 5.69 Å². The summed E-state index contributed by atoms with van der Waals surface area (Å²) >= 11 is 0. The number of ether oxygens (including phenoxy) is 1. The Hall–Kier alpha value is -2.46. The van der Waals surface area contributed by atoms with Gasteiger partial charge in [-0.2, -0.15) is 10.5 Å².